The predicted molar refractivity (Wildman–Crippen MR) is 103 cm³/mol. The molecule has 26 heavy (non-hydrogen) atoms. The fourth-order valence-corrected chi connectivity index (χ4v) is 4.41. The monoisotopic (exact) mass is 360 g/mol. The van der Waals surface area contributed by atoms with E-state index >= 15 is 0 Å². The molecule has 5 nitrogen and oxygen atoms in total. The smallest absolute Gasteiger partial charge is 0.292 e. The van der Waals surface area contributed by atoms with Crippen molar-refractivity contribution < 1.29 is 14.3 Å². The number of anilines is 1. The third-order valence-electron chi connectivity index (χ3n) is 5.71. The van der Waals surface area contributed by atoms with E-state index in [1.54, 1.807) is 18.2 Å². The lowest BCUT2D eigenvalue weighted by Gasteiger charge is -2.42. The number of nitrogens with two attached hydrogens (primary N) is 1. The minimum atomic E-state index is -0.916. The zero-order chi connectivity index (χ0) is 18.4. The molecule has 0 aromatic heterocycles. The van der Waals surface area contributed by atoms with Gasteiger partial charge in [0.2, 0.25) is 0 Å². The molecule has 144 valence electrons. The van der Waals surface area contributed by atoms with Crippen molar-refractivity contribution >= 4 is 11.6 Å². The molecular weight excluding hydrogens is 328 g/mol. The largest absolute Gasteiger partial charge is 0.455 e. The number of benzene rings is 1. The number of hydrogen-bond donors (Lipinski definition) is 1. The normalized spacial score (nSPS) is 20.5. The Morgan fingerprint density at radius 2 is 1.62 bits per heavy atom. The summed E-state index contributed by atoms with van der Waals surface area (Å²) in [5.74, 6) is 0.533. The van der Waals surface area contributed by atoms with Gasteiger partial charge in [-0.05, 0) is 37.8 Å². The molecule has 1 amide bonds. The van der Waals surface area contributed by atoms with Crippen LogP contribution < -0.4 is 10.5 Å². The molecule has 2 aliphatic carbocycles. The zero-order valence-corrected chi connectivity index (χ0v) is 15.9. The summed E-state index contributed by atoms with van der Waals surface area (Å²) in [6.45, 7) is 0. The molecule has 5 heteroatoms. The van der Waals surface area contributed by atoms with Crippen molar-refractivity contribution in [3.63, 3.8) is 0 Å². The summed E-state index contributed by atoms with van der Waals surface area (Å²) in [6, 6.07) is 7.80. The summed E-state index contributed by atoms with van der Waals surface area (Å²) in [4.78, 5) is 15.5. The molecule has 1 aromatic carbocycles. The first-order valence-corrected chi connectivity index (χ1v) is 10.1. The van der Waals surface area contributed by atoms with E-state index in [4.69, 9.17) is 15.2 Å². The molecule has 2 fully saturated rings. The van der Waals surface area contributed by atoms with Gasteiger partial charge >= 0.3 is 0 Å². The van der Waals surface area contributed by atoms with E-state index in [1.807, 2.05) is 6.07 Å². The fraction of sp³-hybridized carbons (Fsp3) is 0.667. The van der Waals surface area contributed by atoms with Gasteiger partial charge in [0, 0.05) is 30.9 Å². The number of ether oxygens (including phenoxy) is 2. The standard InChI is InChI=1S/C21H32N2O3/c1-25-21(26-19-14-8-9-16(22)15-19)20(24)23(17-10-4-2-5-11-17)18-12-6-3-7-13-18/h8-9,14-15,17-18,21H,2-7,10-13,22H2,1H3. The summed E-state index contributed by atoms with van der Waals surface area (Å²) in [5, 5.41) is 0. The van der Waals surface area contributed by atoms with E-state index < -0.39 is 6.29 Å². The summed E-state index contributed by atoms with van der Waals surface area (Å²) >= 11 is 0. The van der Waals surface area contributed by atoms with Gasteiger partial charge in [0.15, 0.2) is 0 Å². The van der Waals surface area contributed by atoms with Crippen molar-refractivity contribution in [2.45, 2.75) is 82.6 Å². The van der Waals surface area contributed by atoms with Crippen LogP contribution in [0.3, 0.4) is 0 Å². The van der Waals surface area contributed by atoms with Crippen LogP contribution in [0.2, 0.25) is 0 Å². The van der Waals surface area contributed by atoms with Crippen LogP contribution in [-0.2, 0) is 9.53 Å². The number of rotatable bonds is 6. The average molecular weight is 360 g/mol. The Morgan fingerprint density at radius 1 is 1.04 bits per heavy atom. The number of carbonyl (C=O) groups is 1. The Bertz CT molecular complexity index is 562. The highest BCUT2D eigenvalue weighted by Gasteiger charge is 2.37. The second-order valence-corrected chi connectivity index (χ2v) is 7.59. The molecule has 0 heterocycles. The van der Waals surface area contributed by atoms with Gasteiger partial charge in [0.05, 0.1) is 0 Å². The topological polar surface area (TPSA) is 64.8 Å². The van der Waals surface area contributed by atoms with Crippen LogP contribution in [0.5, 0.6) is 5.75 Å². The number of nitrogens with zero attached hydrogens (tertiary/aromatic N) is 1. The highest BCUT2D eigenvalue weighted by molar-refractivity contribution is 5.80. The maximum absolute atomic E-state index is 13.4. The number of amides is 1. The van der Waals surface area contributed by atoms with Crippen LogP contribution in [-0.4, -0.2) is 36.3 Å². The van der Waals surface area contributed by atoms with Crippen molar-refractivity contribution in [2.24, 2.45) is 0 Å². The van der Waals surface area contributed by atoms with E-state index in [0.29, 0.717) is 23.5 Å². The van der Waals surface area contributed by atoms with E-state index in [2.05, 4.69) is 4.90 Å². The molecule has 0 spiro atoms. The Labute approximate surface area is 156 Å². The van der Waals surface area contributed by atoms with Gasteiger partial charge in [-0.3, -0.25) is 4.79 Å². The van der Waals surface area contributed by atoms with Crippen molar-refractivity contribution in [2.75, 3.05) is 12.8 Å². The maximum atomic E-state index is 13.4. The number of nitrogen functional groups attached to an aromatic ring is 1. The van der Waals surface area contributed by atoms with E-state index in [0.717, 1.165) is 25.7 Å². The molecule has 2 aliphatic rings. The maximum Gasteiger partial charge on any atom is 0.292 e. The van der Waals surface area contributed by atoms with Gasteiger partial charge in [0.1, 0.15) is 5.75 Å². The summed E-state index contributed by atoms with van der Waals surface area (Å²) < 4.78 is 11.3. The van der Waals surface area contributed by atoms with Gasteiger partial charge in [-0.1, -0.05) is 44.6 Å². The van der Waals surface area contributed by atoms with Crippen molar-refractivity contribution in [3.05, 3.63) is 24.3 Å². The Hall–Kier alpha value is -1.75. The van der Waals surface area contributed by atoms with Gasteiger partial charge in [-0.2, -0.15) is 0 Å². The van der Waals surface area contributed by atoms with Crippen LogP contribution in [0.1, 0.15) is 64.2 Å². The summed E-state index contributed by atoms with van der Waals surface area (Å²) in [7, 11) is 1.54. The number of methoxy groups -OCH3 is 1. The number of carbonyl (C=O) groups excluding carboxylic acids is 1. The second-order valence-electron chi connectivity index (χ2n) is 7.59. The van der Waals surface area contributed by atoms with E-state index in [9.17, 15) is 4.79 Å². The summed E-state index contributed by atoms with van der Waals surface area (Å²) in [5.41, 5.74) is 6.44. The van der Waals surface area contributed by atoms with Crippen molar-refractivity contribution in [3.8, 4) is 5.75 Å². The van der Waals surface area contributed by atoms with Crippen LogP contribution in [0.25, 0.3) is 0 Å². The van der Waals surface area contributed by atoms with Gasteiger partial charge in [-0.25, -0.2) is 0 Å². The molecule has 1 atom stereocenters. The van der Waals surface area contributed by atoms with E-state index in [1.165, 1.54) is 45.6 Å². The first-order valence-electron chi connectivity index (χ1n) is 10.1. The Balaban J connectivity index is 1.77. The molecule has 0 bridgehead atoms. The molecule has 0 radical (unpaired) electrons. The Kier molecular flexibility index (Phi) is 6.78. The molecule has 1 aromatic rings. The molecule has 0 aliphatic heterocycles. The van der Waals surface area contributed by atoms with Crippen molar-refractivity contribution in [1.82, 2.24) is 4.90 Å². The van der Waals surface area contributed by atoms with Crippen LogP contribution in [0.4, 0.5) is 5.69 Å². The van der Waals surface area contributed by atoms with Gasteiger partial charge < -0.3 is 20.1 Å². The highest BCUT2D eigenvalue weighted by Crippen LogP contribution is 2.31. The molecule has 3 rings (SSSR count). The quantitative estimate of drug-likeness (QED) is 0.612. The molecular formula is C21H32N2O3. The SMILES string of the molecule is COC(Oc1cccc(N)c1)C(=O)N(C1CCCCC1)C1CCCCC1. The van der Waals surface area contributed by atoms with Crippen molar-refractivity contribution in [1.29, 1.82) is 0 Å². The lowest BCUT2D eigenvalue weighted by Crippen LogP contribution is -2.54. The third kappa shape index (κ3) is 4.70. The molecule has 2 saturated carbocycles. The lowest BCUT2D eigenvalue weighted by molar-refractivity contribution is -0.166. The molecule has 0 saturated heterocycles. The third-order valence-corrected chi connectivity index (χ3v) is 5.71. The fourth-order valence-electron chi connectivity index (χ4n) is 4.41. The van der Waals surface area contributed by atoms with Crippen LogP contribution in [0, 0.1) is 0 Å². The first kappa shape index (κ1) is 19.0. The van der Waals surface area contributed by atoms with E-state index in [-0.39, 0.29) is 5.91 Å². The Morgan fingerprint density at radius 3 is 2.12 bits per heavy atom. The van der Waals surface area contributed by atoms with Gasteiger partial charge in [0.25, 0.3) is 12.2 Å². The average Bonchev–Trinajstić information content (AvgIpc) is 2.68. The highest BCUT2D eigenvalue weighted by atomic mass is 16.7. The zero-order valence-electron chi connectivity index (χ0n) is 15.9. The predicted octanol–water partition coefficient (Wildman–Crippen LogP) is 4.11. The minimum Gasteiger partial charge on any atom is -0.455 e. The van der Waals surface area contributed by atoms with Crippen LogP contribution in [0.15, 0.2) is 24.3 Å². The molecule has 1 unspecified atom stereocenters. The second kappa shape index (κ2) is 9.26. The first-order chi connectivity index (χ1) is 12.7. The number of hydrogen-bond acceptors (Lipinski definition) is 4. The van der Waals surface area contributed by atoms with Crippen LogP contribution >= 0.6 is 0 Å². The lowest BCUT2D eigenvalue weighted by atomic mass is 9.88. The minimum absolute atomic E-state index is 0.0336. The summed E-state index contributed by atoms with van der Waals surface area (Å²) in [6.07, 6.45) is 10.8. The molecule has 2 N–H and O–H groups in total. The van der Waals surface area contributed by atoms with Gasteiger partial charge in [-0.15, -0.1) is 0 Å².